The van der Waals surface area contributed by atoms with E-state index in [1.165, 1.54) is 37.8 Å². The van der Waals surface area contributed by atoms with E-state index >= 15 is 0 Å². The maximum atomic E-state index is 12.3. The minimum atomic E-state index is -0.218. The Labute approximate surface area is 209 Å². The van der Waals surface area contributed by atoms with E-state index in [4.69, 9.17) is 5.73 Å². The zero-order valence-corrected chi connectivity index (χ0v) is 20.8. The molecule has 1 atom stereocenters. The average Bonchev–Trinajstić information content (AvgIpc) is 2.91. The van der Waals surface area contributed by atoms with E-state index in [1.54, 1.807) is 0 Å². The van der Waals surface area contributed by atoms with Crippen LogP contribution in [0.4, 0.5) is 16.2 Å². The summed E-state index contributed by atoms with van der Waals surface area (Å²) in [5.41, 5.74) is 9.93. The molecule has 1 saturated carbocycles. The fourth-order valence-electron chi connectivity index (χ4n) is 5.22. The lowest BCUT2D eigenvalue weighted by Gasteiger charge is -2.33. The molecule has 1 unspecified atom stereocenters. The summed E-state index contributed by atoms with van der Waals surface area (Å²) in [6.07, 6.45) is 8.40. The van der Waals surface area contributed by atoms with E-state index in [9.17, 15) is 9.59 Å². The molecule has 2 aromatic rings. The Hall–Kier alpha value is -3.22. The average molecular weight is 478 g/mol. The predicted molar refractivity (Wildman–Crippen MR) is 141 cm³/mol. The van der Waals surface area contributed by atoms with Crippen molar-refractivity contribution in [2.24, 2.45) is 11.7 Å². The lowest BCUT2D eigenvalue weighted by Crippen LogP contribution is -2.41. The number of rotatable bonds is 8. The number of amides is 3. The van der Waals surface area contributed by atoms with Gasteiger partial charge in [-0.3, -0.25) is 4.79 Å². The van der Waals surface area contributed by atoms with Gasteiger partial charge in [-0.1, -0.05) is 43.5 Å². The van der Waals surface area contributed by atoms with Crippen molar-refractivity contribution < 1.29 is 9.59 Å². The molecule has 1 saturated heterocycles. The van der Waals surface area contributed by atoms with E-state index in [2.05, 4.69) is 51.7 Å². The normalized spacial score (nSPS) is 18.7. The summed E-state index contributed by atoms with van der Waals surface area (Å²) >= 11 is 0. The third-order valence-electron chi connectivity index (χ3n) is 7.50. The standard InChI is InChI=1S/C28H39N5O2/c1-32(24-7-3-2-4-8-24)25-13-9-21(10-14-25)18-30-28(35)31-19-22-11-15-26(16-12-22)33-17-5-6-23(20-33)27(29)34/h9-16,23-24H,2-8,17-20H2,1H3,(H2,29,34)(H2,30,31,35). The number of piperidine rings is 1. The van der Waals surface area contributed by atoms with E-state index < -0.39 is 0 Å². The summed E-state index contributed by atoms with van der Waals surface area (Å²) in [7, 11) is 2.19. The number of anilines is 2. The summed E-state index contributed by atoms with van der Waals surface area (Å²) in [5, 5.41) is 5.87. The van der Waals surface area contributed by atoms with Crippen molar-refractivity contribution in [3.8, 4) is 0 Å². The Kier molecular flexibility index (Phi) is 8.50. The van der Waals surface area contributed by atoms with Gasteiger partial charge in [0.1, 0.15) is 0 Å². The highest BCUT2D eigenvalue weighted by Crippen LogP contribution is 2.26. The smallest absolute Gasteiger partial charge is 0.315 e. The Balaban J connectivity index is 1.20. The molecule has 35 heavy (non-hydrogen) atoms. The van der Waals surface area contributed by atoms with Gasteiger partial charge in [-0.25, -0.2) is 4.79 Å². The predicted octanol–water partition coefficient (Wildman–Crippen LogP) is 4.16. The molecule has 7 nitrogen and oxygen atoms in total. The van der Waals surface area contributed by atoms with Gasteiger partial charge in [0.25, 0.3) is 0 Å². The van der Waals surface area contributed by atoms with Crippen LogP contribution >= 0.6 is 0 Å². The second-order valence-electron chi connectivity index (χ2n) is 9.96. The van der Waals surface area contributed by atoms with Gasteiger partial charge in [-0.15, -0.1) is 0 Å². The van der Waals surface area contributed by atoms with Crippen molar-refractivity contribution in [3.05, 3.63) is 59.7 Å². The fraction of sp³-hybridized carbons (Fsp3) is 0.500. The molecule has 0 aromatic heterocycles. The van der Waals surface area contributed by atoms with Crippen molar-refractivity contribution >= 4 is 23.3 Å². The van der Waals surface area contributed by atoms with Gasteiger partial charge in [0.05, 0.1) is 5.92 Å². The molecule has 3 amide bonds. The molecular weight excluding hydrogens is 438 g/mol. The van der Waals surface area contributed by atoms with Gasteiger partial charge in [-0.2, -0.15) is 0 Å². The number of nitrogens with two attached hydrogens (primary N) is 1. The Bertz CT molecular complexity index is 970. The third kappa shape index (κ3) is 6.90. The number of benzene rings is 2. The molecule has 4 rings (SSSR count). The first-order chi connectivity index (χ1) is 17.0. The molecule has 2 aliphatic rings. The maximum Gasteiger partial charge on any atom is 0.315 e. The van der Waals surface area contributed by atoms with Crippen molar-refractivity contribution in [1.82, 2.24) is 10.6 Å². The van der Waals surface area contributed by atoms with E-state index in [1.807, 2.05) is 24.3 Å². The molecule has 2 fully saturated rings. The molecule has 0 radical (unpaired) electrons. The van der Waals surface area contributed by atoms with Crippen molar-refractivity contribution in [1.29, 1.82) is 0 Å². The van der Waals surface area contributed by atoms with Crippen LogP contribution in [0.5, 0.6) is 0 Å². The second kappa shape index (κ2) is 12.0. The topological polar surface area (TPSA) is 90.7 Å². The van der Waals surface area contributed by atoms with Gasteiger partial charge in [0.15, 0.2) is 0 Å². The molecule has 4 N–H and O–H groups in total. The summed E-state index contributed by atoms with van der Waals surface area (Å²) < 4.78 is 0. The zero-order chi connectivity index (χ0) is 24.6. The molecule has 188 valence electrons. The second-order valence-corrected chi connectivity index (χ2v) is 9.96. The van der Waals surface area contributed by atoms with E-state index in [0.717, 1.165) is 36.2 Å². The van der Waals surface area contributed by atoms with E-state index in [0.29, 0.717) is 25.7 Å². The molecule has 2 aromatic carbocycles. The Morgan fingerprint density at radius 3 is 2.09 bits per heavy atom. The third-order valence-corrected chi connectivity index (χ3v) is 7.50. The highest BCUT2D eigenvalue weighted by molar-refractivity contribution is 5.77. The fourth-order valence-corrected chi connectivity index (χ4v) is 5.22. The van der Waals surface area contributed by atoms with Crippen molar-refractivity contribution in [2.45, 2.75) is 64.1 Å². The maximum absolute atomic E-state index is 12.3. The van der Waals surface area contributed by atoms with Crippen LogP contribution in [-0.2, 0) is 17.9 Å². The van der Waals surface area contributed by atoms with Gasteiger partial charge in [0, 0.05) is 50.6 Å². The quantitative estimate of drug-likeness (QED) is 0.533. The van der Waals surface area contributed by atoms with Gasteiger partial charge in [-0.05, 0) is 61.1 Å². The van der Waals surface area contributed by atoms with Crippen LogP contribution in [0.3, 0.4) is 0 Å². The summed E-state index contributed by atoms with van der Waals surface area (Å²) in [4.78, 5) is 28.4. The molecule has 1 aliphatic heterocycles. The SMILES string of the molecule is CN(c1ccc(CNC(=O)NCc2ccc(N3CCCC(C(N)=O)C3)cc2)cc1)C1CCCCC1. The zero-order valence-electron chi connectivity index (χ0n) is 20.8. The number of urea groups is 1. The molecule has 1 aliphatic carbocycles. The Morgan fingerprint density at radius 1 is 0.886 bits per heavy atom. The first-order valence-electron chi connectivity index (χ1n) is 13.0. The van der Waals surface area contributed by atoms with Crippen molar-refractivity contribution in [2.75, 3.05) is 29.9 Å². The summed E-state index contributed by atoms with van der Waals surface area (Å²) in [6, 6.07) is 17.1. The number of hydrogen-bond donors (Lipinski definition) is 3. The number of primary amides is 1. The van der Waals surface area contributed by atoms with Gasteiger partial charge in [0.2, 0.25) is 5.91 Å². The Morgan fingerprint density at radius 2 is 1.49 bits per heavy atom. The minimum Gasteiger partial charge on any atom is -0.372 e. The number of hydrogen-bond acceptors (Lipinski definition) is 4. The van der Waals surface area contributed by atoms with Crippen LogP contribution in [0.2, 0.25) is 0 Å². The molecule has 7 heteroatoms. The summed E-state index contributed by atoms with van der Waals surface area (Å²) in [6.45, 7) is 2.56. The van der Waals surface area contributed by atoms with Gasteiger partial charge < -0.3 is 26.2 Å². The monoisotopic (exact) mass is 477 g/mol. The highest BCUT2D eigenvalue weighted by atomic mass is 16.2. The highest BCUT2D eigenvalue weighted by Gasteiger charge is 2.24. The van der Waals surface area contributed by atoms with Crippen LogP contribution in [0.15, 0.2) is 48.5 Å². The van der Waals surface area contributed by atoms with Crippen LogP contribution in [0.25, 0.3) is 0 Å². The molecule has 1 heterocycles. The van der Waals surface area contributed by atoms with E-state index in [-0.39, 0.29) is 17.9 Å². The number of carbonyl (C=O) groups is 2. The van der Waals surface area contributed by atoms with Crippen LogP contribution in [0, 0.1) is 5.92 Å². The number of nitrogens with zero attached hydrogens (tertiary/aromatic N) is 2. The molecule has 0 spiro atoms. The van der Waals surface area contributed by atoms with Crippen LogP contribution in [-0.4, -0.2) is 38.1 Å². The lowest BCUT2D eigenvalue weighted by atomic mass is 9.94. The van der Waals surface area contributed by atoms with Crippen LogP contribution < -0.4 is 26.2 Å². The first-order valence-corrected chi connectivity index (χ1v) is 13.0. The van der Waals surface area contributed by atoms with Crippen molar-refractivity contribution in [3.63, 3.8) is 0 Å². The minimum absolute atomic E-state index is 0.0807. The first kappa shape index (κ1) is 24.9. The largest absolute Gasteiger partial charge is 0.372 e. The van der Waals surface area contributed by atoms with Crippen LogP contribution in [0.1, 0.15) is 56.1 Å². The molecular formula is C28H39N5O2. The lowest BCUT2D eigenvalue weighted by molar-refractivity contribution is -0.122. The molecule has 0 bridgehead atoms. The summed E-state index contributed by atoms with van der Waals surface area (Å²) in [5.74, 6) is -0.299. The number of carbonyl (C=O) groups excluding carboxylic acids is 2. The van der Waals surface area contributed by atoms with Gasteiger partial charge >= 0.3 is 6.03 Å². The number of nitrogens with one attached hydrogen (secondary N) is 2.